The molecule has 0 saturated carbocycles. The number of anilines is 1. The number of carbonyl (C=O) groups is 4. The molecule has 3 amide bonds. The van der Waals surface area contributed by atoms with Crippen molar-refractivity contribution >= 4 is 40.8 Å². The van der Waals surface area contributed by atoms with Gasteiger partial charge in [-0.3, -0.25) is 19.2 Å². The van der Waals surface area contributed by atoms with Gasteiger partial charge in [-0.25, -0.2) is 0 Å². The highest BCUT2D eigenvalue weighted by Crippen LogP contribution is 2.25. The van der Waals surface area contributed by atoms with E-state index in [1.54, 1.807) is 42.5 Å². The molecule has 1 aliphatic rings. The number of Topliss-reactive ketones (excluding diaryl/α,β-unsaturated/α-hetero) is 1. The Labute approximate surface area is 251 Å². The summed E-state index contributed by atoms with van der Waals surface area (Å²) >= 11 is 6.13. The molecule has 0 spiro atoms. The maximum absolute atomic E-state index is 13.8. The number of hydrogen-bond acceptors (Lipinski definition) is 5. The highest BCUT2D eigenvalue weighted by molar-refractivity contribution is 6.31. The average molecular weight is 589 g/mol. The van der Waals surface area contributed by atoms with E-state index in [4.69, 9.17) is 17.3 Å². The topological polar surface area (TPSA) is 122 Å². The standard InChI is InChI=1S/C33H37ClN4O4/c1-22-19-26(14-15-27(22)34)36-32(41)28(13-7-8-18-35)37-33(42)29-20-24-11-5-6-12-25(24)21-38(29)31(40)17-16-30(39)23-9-3-2-4-10-23/h2-6,9-12,14-15,19,28-29H,7-8,13,16-18,20-21,35H2,1H3,(H,36,41)(H,37,42)/t28?,29-/m0/s1. The Hall–Kier alpha value is -4.01. The highest BCUT2D eigenvalue weighted by Gasteiger charge is 2.36. The van der Waals surface area contributed by atoms with Crippen LogP contribution in [0.3, 0.4) is 0 Å². The van der Waals surface area contributed by atoms with Gasteiger partial charge in [0.05, 0.1) is 0 Å². The zero-order valence-electron chi connectivity index (χ0n) is 23.8. The van der Waals surface area contributed by atoms with Crippen LogP contribution in [0.2, 0.25) is 5.02 Å². The summed E-state index contributed by atoms with van der Waals surface area (Å²) in [7, 11) is 0. The predicted molar refractivity (Wildman–Crippen MR) is 164 cm³/mol. The number of carbonyl (C=O) groups excluding carboxylic acids is 4. The lowest BCUT2D eigenvalue weighted by molar-refractivity contribution is -0.142. The molecule has 8 nitrogen and oxygen atoms in total. The van der Waals surface area contributed by atoms with Gasteiger partial charge in [-0.1, -0.05) is 66.2 Å². The largest absolute Gasteiger partial charge is 0.342 e. The van der Waals surface area contributed by atoms with Gasteiger partial charge < -0.3 is 21.3 Å². The summed E-state index contributed by atoms with van der Waals surface area (Å²) in [6.45, 7) is 2.57. The lowest BCUT2D eigenvalue weighted by Gasteiger charge is -2.37. The van der Waals surface area contributed by atoms with Crippen molar-refractivity contribution in [3.05, 3.63) is 100 Å². The van der Waals surface area contributed by atoms with Gasteiger partial charge in [0.2, 0.25) is 17.7 Å². The van der Waals surface area contributed by atoms with Crippen LogP contribution >= 0.6 is 11.6 Å². The second kappa shape index (κ2) is 14.8. The molecule has 9 heteroatoms. The van der Waals surface area contributed by atoms with E-state index in [1.807, 2.05) is 37.3 Å². The van der Waals surface area contributed by atoms with Crippen LogP contribution in [-0.2, 0) is 27.3 Å². The summed E-state index contributed by atoms with van der Waals surface area (Å²) in [6.07, 6.45) is 2.08. The summed E-state index contributed by atoms with van der Waals surface area (Å²) < 4.78 is 0. The van der Waals surface area contributed by atoms with Gasteiger partial charge >= 0.3 is 0 Å². The SMILES string of the molecule is Cc1cc(NC(=O)C(CCCCN)NC(=O)[C@@H]2Cc3ccccc3CN2C(=O)CCC(=O)c2ccccc2)ccc1Cl. The Bertz CT molecular complexity index is 1430. The summed E-state index contributed by atoms with van der Waals surface area (Å²) in [5, 5.41) is 6.39. The lowest BCUT2D eigenvalue weighted by atomic mass is 9.92. The molecule has 0 radical (unpaired) electrons. The summed E-state index contributed by atoms with van der Waals surface area (Å²) in [5.74, 6) is -1.18. The number of ketones is 1. The smallest absolute Gasteiger partial charge is 0.246 e. The minimum atomic E-state index is -0.825. The number of halogens is 1. The minimum Gasteiger partial charge on any atom is -0.342 e. The molecule has 4 rings (SSSR count). The number of benzene rings is 3. The van der Waals surface area contributed by atoms with E-state index in [9.17, 15) is 19.2 Å². The lowest BCUT2D eigenvalue weighted by Crippen LogP contribution is -2.56. The molecule has 42 heavy (non-hydrogen) atoms. The van der Waals surface area contributed by atoms with Crippen molar-refractivity contribution < 1.29 is 19.2 Å². The van der Waals surface area contributed by atoms with E-state index in [0.717, 1.165) is 16.7 Å². The van der Waals surface area contributed by atoms with Crippen LogP contribution in [0, 0.1) is 6.92 Å². The van der Waals surface area contributed by atoms with Crippen LogP contribution in [0.4, 0.5) is 5.69 Å². The Kier molecular flexibility index (Phi) is 10.9. The molecule has 0 aromatic heterocycles. The molecule has 220 valence electrons. The first-order chi connectivity index (χ1) is 20.3. The van der Waals surface area contributed by atoms with E-state index in [-0.39, 0.29) is 37.0 Å². The summed E-state index contributed by atoms with van der Waals surface area (Å²) in [5.41, 5.74) is 9.55. The zero-order valence-corrected chi connectivity index (χ0v) is 24.5. The van der Waals surface area contributed by atoms with Crippen molar-refractivity contribution in [3.8, 4) is 0 Å². The van der Waals surface area contributed by atoms with Crippen molar-refractivity contribution in [2.45, 2.75) is 64.1 Å². The van der Waals surface area contributed by atoms with Crippen molar-refractivity contribution in [1.29, 1.82) is 0 Å². The van der Waals surface area contributed by atoms with E-state index in [0.29, 0.717) is 48.5 Å². The number of aryl methyl sites for hydroxylation is 1. The number of nitrogens with one attached hydrogen (secondary N) is 2. The fourth-order valence-corrected chi connectivity index (χ4v) is 5.25. The van der Waals surface area contributed by atoms with Crippen LogP contribution < -0.4 is 16.4 Å². The van der Waals surface area contributed by atoms with Crippen molar-refractivity contribution in [2.24, 2.45) is 5.73 Å². The highest BCUT2D eigenvalue weighted by atomic mass is 35.5. The molecule has 0 fully saturated rings. The predicted octanol–water partition coefficient (Wildman–Crippen LogP) is 4.82. The molecule has 3 aromatic rings. The Morgan fingerprint density at radius 3 is 2.38 bits per heavy atom. The van der Waals surface area contributed by atoms with Crippen LogP contribution in [0.25, 0.3) is 0 Å². The normalized spacial score (nSPS) is 14.9. The fourth-order valence-electron chi connectivity index (χ4n) is 5.13. The van der Waals surface area contributed by atoms with Gasteiger partial charge in [-0.2, -0.15) is 0 Å². The van der Waals surface area contributed by atoms with Crippen molar-refractivity contribution in [2.75, 3.05) is 11.9 Å². The molecule has 0 bridgehead atoms. The van der Waals surface area contributed by atoms with E-state index in [2.05, 4.69) is 10.6 Å². The number of fused-ring (bicyclic) bond motifs is 1. The second-order valence-electron chi connectivity index (χ2n) is 10.6. The van der Waals surface area contributed by atoms with Crippen LogP contribution in [-0.4, -0.2) is 47.0 Å². The number of nitrogens with zero attached hydrogens (tertiary/aromatic N) is 1. The molecule has 1 aliphatic heterocycles. The number of unbranched alkanes of at least 4 members (excludes halogenated alkanes) is 1. The van der Waals surface area contributed by atoms with Gasteiger partial charge in [0.1, 0.15) is 12.1 Å². The monoisotopic (exact) mass is 588 g/mol. The Morgan fingerprint density at radius 1 is 0.952 bits per heavy atom. The minimum absolute atomic E-state index is 0.0179. The van der Waals surface area contributed by atoms with Crippen LogP contribution in [0.15, 0.2) is 72.8 Å². The number of hydrogen-bond donors (Lipinski definition) is 3. The first-order valence-corrected chi connectivity index (χ1v) is 14.7. The maximum atomic E-state index is 13.8. The number of amides is 3. The number of nitrogens with two attached hydrogens (primary N) is 1. The molecule has 0 aliphatic carbocycles. The summed E-state index contributed by atoms with van der Waals surface area (Å²) in [4.78, 5) is 54.8. The van der Waals surface area contributed by atoms with E-state index >= 15 is 0 Å². The third-order valence-corrected chi connectivity index (χ3v) is 7.96. The third-order valence-electron chi connectivity index (χ3n) is 7.54. The molecular weight excluding hydrogens is 552 g/mol. The van der Waals surface area contributed by atoms with Crippen molar-refractivity contribution in [1.82, 2.24) is 10.2 Å². The second-order valence-corrected chi connectivity index (χ2v) is 11.0. The fraction of sp³-hybridized carbons (Fsp3) is 0.333. The first-order valence-electron chi connectivity index (χ1n) is 14.3. The summed E-state index contributed by atoms with van der Waals surface area (Å²) in [6, 6.07) is 20.1. The quantitative estimate of drug-likeness (QED) is 0.207. The first kappa shape index (κ1) is 30.9. The molecule has 2 atom stereocenters. The van der Waals surface area contributed by atoms with Crippen molar-refractivity contribution in [3.63, 3.8) is 0 Å². The van der Waals surface area contributed by atoms with Gasteiger partial charge in [-0.05, 0) is 67.6 Å². The van der Waals surface area contributed by atoms with Gasteiger partial charge in [-0.15, -0.1) is 0 Å². The van der Waals surface area contributed by atoms with Gasteiger partial charge in [0, 0.05) is 42.1 Å². The molecule has 1 unspecified atom stereocenters. The van der Waals surface area contributed by atoms with Gasteiger partial charge in [0.15, 0.2) is 5.78 Å². The van der Waals surface area contributed by atoms with Gasteiger partial charge in [0.25, 0.3) is 0 Å². The maximum Gasteiger partial charge on any atom is 0.246 e. The number of rotatable bonds is 12. The van der Waals surface area contributed by atoms with E-state index < -0.39 is 18.0 Å². The Morgan fingerprint density at radius 2 is 1.67 bits per heavy atom. The average Bonchev–Trinajstić information content (AvgIpc) is 3.00. The molecular formula is C33H37ClN4O4. The third kappa shape index (κ3) is 8.05. The molecule has 0 saturated heterocycles. The zero-order chi connectivity index (χ0) is 30.1. The Balaban J connectivity index is 1.50. The molecule has 4 N–H and O–H groups in total. The molecule has 1 heterocycles. The van der Waals surface area contributed by atoms with E-state index in [1.165, 1.54) is 4.90 Å². The van der Waals surface area contributed by atoms with Crippen LogP contribution in [0.1, 0.15) is 59.2 Å². The van der Waals surface area contributed by atoms with Crippen LogP contribution in [0.5, 0.6) is 0 Å². The molecule has 3 aromatic carbocycles.